The largest absolute Gasteiger partial charge is 0.480 e. The molecule has 0 radical (unpaired) electrons. The summed E-state index contributed by atoms with van der Waals surface area (Å²) in [6, 6.07) is 58.9. The van der Waals surface area contributed by atoms with E-state index in [1.165, 1.54) is 4.90 Å². The second-order valence-electron chi connectivity index (χ2n) is 22.1. The molecule has 420 valence electrons. The van der Waals surface area contributed by atoms with E-state index in [2.05, 4.69) is 110 Å². The molecule has 81 heavy (non-hydrogen) atoms. The van der Waals surface area contributed by atoms with Crippen LogP contribution in [0.1, 0.15) is 77.4 Å². The van der Waals surface area contributed by atoms with E-state index in [1.54, 1.807) is 31.7 Å². The number of carboxylic acid groups (broad SMARTS) is 1. The van der Waals surface area contributed by atoms with Gasteiger partial charge in [0.15, 0.2) is 0 Å². The van der Waals surface area contributed by atoms with Crippen LogP contribution in [0.15, 0.2) is 194 Å². The molecule has 1 aliphatic rings. The zero-order chi connectivity index (χ0) is 57.4. The van der Waals surface area contributed by atoms with Crippen molar-refractivity contribution in [3.63, 3.8) is 0 Å². The van der Waals surface area contributed by atoms with E-state index < -0.39 is 48.8 Å². The Morgan fingerprint density at radius 3 is 1.83 bits per heavy atom. The normalized spacial score (nSPS) is 13.1. The number of carbonyl (C=O) groups excluding carboxylic acids is 3. The van der Waals surface area contributed by atoms with E-state index in [9.17, 15) is 24.3 Å². The van der Waals surface area contributed by atoms with Crippen molar-refractivity contribution in [1.29, 1.82) is 0 Å². The third-order valence-electron chi connectivity index (χ3n) is 14.5. The number of ether oxygens (including phenoxy) is 2. The van der Waals surface area contributed by atoms with Crippen LogP contribution in [-0.4, -0.2) is 89.5 Å². The minimum atomic E-state index is -1.42. The molecule has 1 aromatic heterocycles. The summed E-state index contributed by atoms with van der Waals surface area (Å²) in [4.78, 5) is 64.1. The maximum Gasteiger partial charge on any atom is 0.411 e. The van der Waals surface area contributed by atoms with Crippen LogP contribution in [0, 0.1) is 5.92 Å². The molecule has 0 aliphatic heterocycles. The molecule has 1 unspecified atom stereocenters. The molecule has 0 fully saturated rings. The molecule has 2 atom stereocenters. The monoisotopic (exact) mass is 1140 g/mol. The first-order valence-corrected chi connectivity index (χ1v) is 32.8. The SMILES string of the molecule is CC(C)[C@H](C(=O)O)N(C(=O)OCC1c2ccccc2-c2ccccc21)C(/C=C/CCSC(c1ccccc1)(c1ccccc1)c1ccccc1)CC(=O)NCc1cccc(CN(CC(=O)OCC[Si](C)(C)C)Cc2ccc(Cl)cc2)n1. The van der Waals surface area contributed by atoms with E-state index in [-0.39, 0.29) is 38.0 Å². The van der Waals surface area contributed by atoms with Crippen molar-refractivity contribution < 1.29 is 33.8 Å². The van der Waals surface area contributed by atoms with Gasteiger partial charge in [0.05, 0.1) is 48.3 Å². The van der Waals surface area contributed by atoms with Crippen LogP contribution in [0.25, 0.3) is 11.1 Å². The number of carboxylic acids is 1. The number of pyridine rings is 1. The number of aliphatic carboxylic acids is 1. The number of fused-ring (bicyclic) bond motifs is 3. The van der Waals surface area contributed by atoms with Crippen LogP contribution >= 0.6 is 23.4 Å². The molecule has 1 heterocycles. The minimum absolute atomic E-state index is 0.0352. The topological polar surface area (TPSA) is 138 Å². The molecule has 11 nitrogen and oxygen atoms in total. The Kier molecular flexibility index (Phi) is 21.0. The molecule has 8 rings (SSSR count). The van der Waals surface area contributed by atoms with Crippen LogP contribution in [-0.2, 0) is 48.2 Å². The number of rotatable bonds is 27. The van der Waals surface area contributed by atoms with Gasteiger partial charge in [0, 0.05) is 32.1 Å². The van der Waals surface area contributed by atoms with Gasteiger partial charge in [0.2, 0.25) is 5.91 Å². The molecule has 2 N–H and O–H groups in total. The van der Waals surface area contributed by atoms with Crippen molar-refractivity contribution >= 4 is 55.4 Å². The number of halogens is 1. The van der Waals surface area contributed by atoms with Gasteiger partial charge < -0.3 is 19.9 Å². The first kappa shape index (κ1) is 59.8. The van der Waals surface area contributed by atoms with E-state index >= 15 is 0 Å². The maximum absolute atomic E-state index is 14.9. The van der Waals surface area contributed by atoms with Gasteiger partial charge in [-0.05, 0) is 92.9 Å². The number of amides is 2. The number of aromatic nitrogens is 1. The lowest BCUT2D eigenvalue weighted by atomic mass is 9.84. The van der Waals surface area contributed by atoms with Gasteiger partial charge in [-0.2, -0.15) is 0 Å². The molecule has 0 saturated carbocycles. The van der Waals surface area contributed by atoms with Gasteiger partial charge in [0.25, 0.3) is 0 Å². The summed E-state index contributed by atoms with van der Waals surface area (Å²) in [5, 5.41) is 14.6. The molecular weight excluding hydrogens is 1070 g/mol. The Hall–Kier alpha value is -7.29. The standard InChI is InChI=1S/C67H73ClN4O7SSi/c1-48(2)64(65(75)76)72(66(77)79-47-61-59-33-17-15-31-57(59)58-32-16-18-34-60(58)61)56(30-19-20-40-80-67(50-22-9-6-10-23-50,51-24-11-7-12-25-51)52-26-13-8-14-27-52)42-62(73)69-43-54-28-21-29-55(70-54)45-71(44-49-35-37-53(68)38-36-49)46-63(74)78-39-41-81(3,4)5/h6-19,21-38,48,56,61,64H,20,39-47H2,1-5H3,(H,69,73)(H,75,76)/b30-19+/t56?,64-/m1/s1. The first-order valence-electron chi connectivity index (χ1n) is 27.8. The lowest BCUT2D eigenvalue weighted by Gasteiger charge is -2.36. The van der Waals surface area contributed by atoms with Crippen molar-refractivity contribution in [3.8, 4) is 11.1 Å². The predicted molar refractivity (Wildman–Crippen MR) is 328 cm³/mol. The van der Waals surface area contributed by atoms with Gasteiger partial charge in [-0.3, -0.25) is 24.4 Å². The number of hydrogen-bond donors (Lipinski definition) is 2. The van der Waals surface area contributed by atoms with Crippen molar-refractivity contribution in [3.05, 3.63) is 244 Å². The predicted octanol–water partition coefficient (Wildman–Crippen LogP) is 14.0. The number of thioether (sulfide) groups is 1. The summed E-state index contributed by atoms with van der Waals surface area (Å²) in [5.74, 6) is -2.15. The molecule has 2 amide bonds. The number of nitrogens with zero attached hydrogens (tertiary/aromatic N) is 3. The molecule has 6 aromatic carbocycles. The number of hydrogen-bond acceptors (Lipinski definition) is 9. The maximum atomic E-state index is 14.9. The zero-order valence-corrected chi connectivity index (χ0v) is 49.5. The highest BCUT2D eigenvalue weighted by molar-refractivity contribution is 8.00. The molecular formula is C67H73ClN4O7SSi. The Balaban J connectivity index is 1.05. The minimum Gasteiger partial charge on any atom is -0.480 e. The molecule has 7 aromatic rings. The second-order valence-corrected chi connectivity index (χ2v) is 29.4. The molecule has 0 bridgehead atoms. The van der Waals surface area contributed by atoms with Gasteiger partial charge in [-0.15, -0.1) is 11.8 Å². The number of nitrogens with one attached hydrogen (secondary N) is 1. The molecule has 14 heteroatoms. The average molecular weight is 1140 g/mol. The Morgan fingerprint density at radius 1 is 0.716 bits per heavy atom. The summed E-state index contributed by atoms with van der Waals surface area (Å²) < 4.78 is 11.4. The lowest BCUT2D eigenvalue weighted by molar-refractivity contribution is -0.146. The van der Waals surface area contributed by atoms with Gasteiger partial charge in [-0.25, -0.2) is 9.59 Å². The number of carbonyl (C=O) groups is 4. The average Bonchev–Trinajstić information content (AvgIpc) is 3.91. The van der Waals surface area contributed by atoms with Crippen molar-refractivity contribution in [2.75, 3.05) is 25.5 Å². The molecule has 0 spiro atoms. The Labute approximate surface area is 487 Å². The van der Waals surface area contributed by atoms with Crippen LogP contribution in [0.2, 0.25) is 30.7 Å². The van der Waals surface area contributed by atoms with Crippen LogP contribution in [0.5, 0.6) is 0 Å². The third kappa shape index (κ3) is 16.0. The van der Waals surface area contributed by atoms with Crippen molar-refractivity contribution in [2.45, 2.75) is 94.8 Å². The van der Waals surface area contributed by atoms with Crippen molar-refractivity contribution in [1.82, 2.24) is 20.1 Å². The first-order chi connectivity index (χ1) is 39.1. The quantitative estimate of drug-likeness (QED) is 0.0168. The Morgan fingerprint density at radius 2 is 1.27 bits per heavy atom. The fraction of sp³-hybridized carbons (Fsp3) is 0.299. The highest BCUT2D eigenvalue weighted by Gasteiger charge is 2.40. The van der Waals surface area contributed by atoms with E-state index in [0.717, 1.165) is 50.6 Å². The van der Waals surface area contributed by atoms with Gasteiger partial charge >= 0.3 is 18.0 Å². The fourth-order valence-corrected chi connectivity index (χ4v) is 12.8. The highest BCUT2D eigenvalue weighted by atomic mass is 35.5. The van der Waals surface area contributed by atoms with E-state index in [4.69, 9.17) is 26.1 Å². The summed E-state index contributed by atoms with van der Waals surface area (Å²) in [5.41, 5.74) is 9.75. The van der Waals surface area contributed by atoms with Crippen LogP contribution in [0.3, 0.4) is 0 Å². The molecule has 0 saturated heterocycles. The number of allylic oxidation sites excluding steroid dienone is 1. The Bertz CT molecular complexity index is 3090. The van der Waals surface area contributed by atoms with E-state index in [1.807, 2.05) is 108 Å². The molecule has 1 aliphatic carbocycles. The summed E-state index contributed by atoms with van der Waals surface area (Å²) in [6.45, 7) is 11.4. The fourth-order valence-electron chi connectivity index (χ4n) is 10.5. The van der Waals surface area contributed by atoms with Crippen molar-refractivity contribution in [2.24, 2.45) is 5.92 Å². The van der Waals surface area contributed by atoms with Crippen LogP contribution in [0.4, 0.5) is 4.79 Å². The lowest BCUT2D eigenvalue weighted by Crippen LogP contribution is -2.54. The van der Waals surface area contributed by atoms with E-state index in [0.29, 0.717) is 48.3 Å². The van der Waals surface area contributed by atoms with Gasteiger partial charge in [-0.1, -0.05) is 215 Å². The summed E-state index contributed by atoms with van der Waals surface area (Å²) in [7, 11) is -1.42. The third-order valence-corrected chi connectivity index (χ3v) is 18.0. The van der Waals surface area contributed by atoms with Gasteiger partial charge in [0.1, 0.15) is 12.6 Å². The zero-order valence-electron chi connectivity index (χ0n) is 46.9. The summed E-state index contributed by atoms with van der Waals surface area (Å²) >= 11 is 8.00. The number of esters is 1. The second kappa shape index (κ2) is 28.4. The number of benzene rings is 6. The highest BCUT2D eigenvalue weighted by Crippen LogP contribution is 2.49. The summed E-state index contributed by atoms with van der Waals surface area (Å²) in [6.07, 6.45) is 3.17. The van der Waals surface area contributed by atoms with Crippen LogP contribution < -0.4 is 5.32 Å². The smallest absolute Gasteiger partial charge is 0.411 e.